The molecule has 0 fully saturated rings. The normalized spacial score (nSPS) is 12.2. The number of amides is 1. The van der Waals surface area contributed by atoms with Crippen LogP contribution in [-0.4, -0.2) is 15.7 Å². The fraction of sp³-hybridized carbons (Fsp3) is 0.333. The van der Waals surface area contributed by atoms with Crippen LogP contribution < -0.4 is 5.32 Å². The smallest absolute Gasteiger partial charge is 0.251 e. The third-order valence-electron chi connectivity index (χ3n) is 3.23. The molecule has 1 amide bonds. The Balaban J connectivity index is 2.10. The van der Waals surface area contributed by atoms with E-state index >= 15 is 0 Å². The van der Waals surface area contributed by atoms with Crippen molar-refractivity contribution in [3.05, 3.63) is 53.1 Å². The summed E-state index contributed by atoms with van der Waals surface area (Å²) in [6, 6.07) is 5.35. The predicted octanol–water partition coefficient (Wildman–Crippen LogP) is 2.84. The van der Waals surface area contributed by atoms with Gasteiger partial charge in [-0.15, -0.1) is 0 Å². The minimum atomic E-state index is -0.352. The molecule has 106 valence electrons. The van der Waals surface area contributed by atoms with Gasteiger partial charge in [-0.3, -0.25) is 9.48 Å². The van der Waals surface area contributed by atoms with Gasteiger partial charge in [-0.25, -0.2) is 4.39 Å². The lowest BCUT2D eigenvalue weighted by atomic mass is 10.1. The molecule has 0 radical (unpaired) electrons. The van der Waals surface area contributed by atoms with E-state index in [4.69, 9.17) is 0 Å². The highest BCUT2D eigenvalue weighted by Crippen LogP contribution is 2.16. The SMILES string of the molecule is CCn1cc(C(C)NC(=O)c2ccc(F)cc2)c(C)n1. The van der Waals surface area contributed by atoms with Crippen LogP contribution in [0, 0.1) is 12.7 Å². The Morgan fingerprint density at radius 3 is 2.60 bits per heavy atom. The van der Waals surface area contributed by atoms with E-state index in [0.717, 1.165) is 17.8 Å². The number of halogens is 1. The van der Waals surface area contributed by atoms with E-state index in [-0.39, 0.29) is 17.8 Å². The number of carbonyl (C=O) groups is 1. The number of benzene rings is 1. The summed E-state index contributed by atoms with van der Waals surface area (Å²) in [5.74, 6) is -0.573. The van der Waals surface area contributed by atoms with Crippen LogP contribution in [0.3, 0.4) is 0 Å². The first kappa shape index (κ1) is 14.2. The largest absolute Gasteiger partial charge is 0.345 e. The van der Waals surface area contributed by atoms with E-state index < -0.39 is 0 Å². The second kappa shape index (κ2) is 5.86. The third kappa shape index (κ3) is 3.04. The van der Waals surface area contributed by atoms with E-state index in [9.17, 15) is 9.18 Å². The van der Waals surface area contributed by atoms with Crippen LogP contribution in [0.5, 0.6) is 0 Å². The maximum Gasteiger partial charge on any atom is 0.251 e. The van der Waals surface area contributed by atoms with Crippen LogP contribution >= 0.6 is 0 Å². The molecule has 2 aromatic rings. The number of hydrogen-bond acceptors (Lipinski definition) is 2. The Morgan fingerprint density at radius 1 is 1.40 bits per heavy atom. The topological polar surface area (TPSA) is 46.9 Å². The third-order valence-corrected chi connectivity index (χ3v) is 3.23. The maximum atomic E-state index is 12.8. The van der Waals surface area contributed by atoms with Crippen molar-refractivity contribution in [2.24, 2.45) is 0 Å². The second-order valence-corrected chi connectivity index (χ2v) is 4.73. The summed E-state index contributed by atoms with van der Waals surface area (Å²) in [5, 5.41) is 7.25. The molecule has 1 unspecified atom stereocenters. The molecule has 1 atom stereocenters. The van der Waals surface area contributed by atoms with Gasteiger partial charge in [0.2, 0.25) is 0 Å². The number of nitrogens with one attached hydrogen (secondary N) is 1. The summed E-state index contributed by atoms with van der Waals surface area (Å²) in [6.45, 7) is 6.63. The predicted molar refractivity (Wildman–Crippen MR) is 74.9 cm³/mol. The minimum absolute atomic E-state index is 0.146. The molecule has 1 aromatic heterocycles. The molecule has 0 aliphatic heterocycles. The van der Waals surface area contributed by atoms with E-state index in [1.165, 1.54) is 24.3 Å². The molecular weight excluding hydrogens is 257 g/mol. The van der Waals surface area contributed by atoms with Crippen molar-refractivity contribution in [1.29, 1.82) is 0 Å². The minimum Gasteiger partial charge on any atom is -0.345 e. The zero-order valence-corrected chi connectivity index (χ0v) is 11.9. The number of carbonyl (C=O) groups excluding carboxylic acids is 1. The maximum absolute atomic E-state index is 12.8. The van der Waals surface area contributed by atoms with Crippen molar-refractivity contribution in [2.75, 3.05) is 0 Å². The molecule has 2 rings (SSSR count). The summed E-state index contributed by atoms with van der Waals surface area (Å²) in [4.78, 5) is 12.1. The summed E-state index contributed by atoms with van der Waals surface area (Å²) in [7, 11) is 0. The van der Waals surface area contributed by atoms with Crippen LogP contribution in [-0.2, 0) is 6.54 Å². The number of aromatic nitrogens is 2. The average molecular weight is 275 g/mol. The van der Waals surface area contributed by atoms with Crippen molar-refractivity contribution in [1.82, 2.24) is 15.1 Å². The average Bonchev–Trinajstić information content (AvgIpc) is 2.80. The van der Waals surface area contributed by atoms with E-state index in [1.54, 1.807) is 0 Å². The van der Waals surface area contributed by atoms with Crippen LogP contribution in [0.15, 0.2) is 30.5 Å². The lowest BCUT2D eigenvalue weighted by Crippen LogP contribution is -2.26. The fourth-order valence-corrected chi connectivity index (χ4v) is 2.08. The molecule has 0 spiro atoms. The number of hydrogen-bond donors (Lipinski definition) is 1. The Bertz CT molecular complexity index is 604. The molecule has 0 saturated carbocycles. The zero-order chi connectivity index (χ0) is 14.7. The first-order chi connectivity index (χ1) is 9.51. The molecule has 1 heterocycles. The van der Waals surface area contributed by atoms with Crippen LogP contribution in [0.2, 0.25) is 0 Å². The highest BCUT2D eigenvalue weighted by molar-refractivity contribution is 5.94. The Hall–Kier alpha value is -2.17. The van der Waals surface area contributed by atoms with Gasteiger partial charge in [0.1, 0.15) is 5.82 Å². The molecule has 0 aliphatic carbocycles. The molecule has 1 N–H and O–H groups in total. The molecule has 1 aromatic carbocycles. The van der Waals surface area contributed by atoms with Crippen molar-refractivity contribution < 1.29 is 9.18 Å². The van der Waals surface area contributed by atoms with E-state index in [1.807, 2.05) is 31.6 Å². The second-order valence-electron chi connectivity index (χ2n) is 4.73. The zero-order valence-electron chi connectivity index (χ0n) is 11.9. The first-order valence-corrected chi connectivity index (χ1v) is 6.61. The Labute approximate surface area is 117 Å². The lowest BCUT2D eigenvalue weighted by Gasteiger charge is -2.13. The number of nitrogens with zero attached hydrogens (tertiary/aromatic N) is 2. The van der Waals surface area contributed by atoms with Crippen molar-refractivity contribution in [2.45, 2.75) is 33.4 Å². The van der Waals surface area contributed by atoms with Gasteiger partial charge in [-0.05, 0) is 45.0 Å². The molecule has 4 nitrogen and oxygen atoms in total. The van der Waals surface area contributed by atoms with Crippen LogP contribution in [0.1, 0.15) is 41.5 Å². The molecule has 20 heavy (non-hydrogen) atoms. The Morgan fingerprint density at radius 2 is 2.05 bits per heavy atom. The van der Waals surface area contributed by atoms with Gasteiger partial charge in [0.15, 0.2) is 0 Å². The fourth-order valence-electron chi connectivity index (χ4n) is 2.08. The Kier molecular flexibility index (Phi) is 4.17. The molecule has 0 aliphatic rings. The van der Waals surface area contributed by atoms with Crippen molar-refractivity contribution in [3.8, 4) is 0 Å². The van der Waals surface area contributed by atoms with Gasteiger partial charge < -0.3 is 5.32 Å². The number of aryl methyl sites for hydroxylation is 2. The standard InChI is InChI=1S/C15H18FN3O/c1-4-19-9-14(11(3)18-19)10(2)17-15(20)12-5-7-13(16)8-6-12/h5-10H,4H2,1-3H3,(H,17,20). The quantitative estimate of drug-likeness (QED) is 0.932. The van der Waals surface area contributed by atoms with Crippen LogP contribution in [0.4, 0.5) is 4.39 Å². The molecular formula is C15H18FN3O. The molecule has 0 saturated heterocycles. The van der Waals surface area contributed by atoms with Gasteiger partial charge in [0.05, 0.1) is 11.7 Å². The highest BCUT2D eigenvalue weighted by Gasteiger charge is 2.15. The molecule has 0 bridgehead atoms. The van der Waals surface area contributed by atoms with E-state index in [0.29, 0.717) is 5.56 Å². The molecule has 5 heteroatoms. The van der Waals surface area contributed by atoms with Crippen molar-refractivity contribution >= 4 is 5.91 Å². The van der Waals surface area contributed by atoms with Gasteiger partial charge >= 0.3 is 0 Å². The first-order valence-electron chi connectivity index (χ1n) is 6.61. The van der Waals surface area contributed by atoms with Gasteiger partial charge in [0, 0.05) is 23.9 Å². The van der Waals surface area contributed by atoms with E-state index in [2.05, 4.69) is 10.4 Å². The van der Waals surface area contributed by atoms with Gasteiger partial charge in [0.25, 0.3) is 5.91 Å². The monoisotopic (exact) mass is 275 g/mol. The lowest BCUT2D eigenvalue weighted by molar-refractivity contribution is 0.0940. The summed E-state index contributed by atoms with van der Waals surface area (Å²) < 4.78 is 14.7. The summed E-state index contributed by atoms with van der Waals surface area (Å²) in [6.07, 6.45) is 1.94. The van der Waals surface area contributed by atoms with Gasteiger partial charge in [-0.1, -0.05) is 0 Å². The summed E-state index contributed by atoms with van der Waals surface area (Å²) in [5.41, 5.74) is 2.33. The van der Waals surface area contributed by atoms with Gasteiger partial charge in [-0.2, -0.15) is 5.10 Å². The summed E-state index contributed by atoms with van der Waals surface area (Å²) >= 11 is 0. The van der Waals surface area contributed by atoms with Crippen LogP contribution in [0.25, 0.3) is 0 Å². The van der Waals surface area contributed by atoms with Crippen molar-refractivity contribution in [3.63, 3.8) is 0 Å². The highest BCUT2D eigenvalue weighted by atomic mass is 19.1. The number of rotatable bonds is 4.